The largest absolute Gasteiger partial charge is 0.302 e. The van der Waals surface area contributed by atoms with Crippen molar-refractivity contribution < 1.29 is 4.79 Å². The summed E-state index contributed by atoms with van der Waals surface area (Å²) in [5.74, 6) is 0.772. The van der Waals surface area contributed by atoms with Crippen LogP contribution in [-0.2, 0) is 17.6 Å². The second kappa shape index (κ2) is 6.04. The van der Waals surface area contributed by atoms with Gasteiger partial charge in [-0.15, -0.1) is 11.3 Å². The van der Waals surface area contributed by atoms with Crippen LogP contribution >= 0.6 is 11.3 Å². The molecule has 0 radical (unpaired) electrons. The molecule has 0 atom stereocenters. The number of aryl methyl sites for hydroxylation is 2. The molecule has 1 amide bonds. The molecule has 1 aromatic heterocycles. The molecule has 0 aromatic carbocycles. The first kappa shape index (κ1) is 13.1. The molecule has 1 N–H and O–H groups in total. The van der Waals surface area contributed by atoms with Crippen LogP contribution in [0.25, 0.3) is 0 Å². The fraction of sp³-hybridized carbons (Fsp3) is 0.733. The van der Waals surface area contributed by atoms with Crippen LogP contribution in [0.2, 0.25) is 0 Å². The predicted octanol–water partition coefficient (Wildman–Crippen LogP) is 3.93. The van der Waals surface area contributed by atoms with Gasteiger partial charge in [-0.05, 0) is 44.4 Å². The Balaban J connectivity index is 1.58. The summed E-state index contributed by atoms with van der Waals surface area (Å²) in [6, 6.07) is 0. The number of hydrogen-bond acceptors (Lipinski definition) is 3. The number of carbonyl (C=O) groups excluding carboxylic acids is 1. The normalized spacial score (nSPS) is 20.0. The van der Waals surface area contributed by atoms with E-state index in [1.165, 1.54) is 55.5 Å². The monoisotopic (exact) mass is 278 g/mol. The average Bonchev–Trinajstić information content (AvgIpc) is 2.95. The Morgan fingerprint density at radius 1 is 1.16 bits per heavy atom. The summed E-state index contributed by atoms with van der Waals surface area (Å²) in [6.07, 6.45) is 11.8. The third kappa shape index (κ3) is 3.35. The molecule has 3 rings (SSSR count). The molecule has 0 spiro atoms. The van der Waals surface area contributed by atoms with Crippen molar-refractivity contribution in [3.8, 4) is 0 Å². The van der Waals surface area contributed by atoms with E-state index in [-0.39, 0.29) is 5.91 Å². The molecule has 1 aromatic rings. The third-order valence-corrected chi connectivity index (χ3v) is 5.36. The van der Waals surface area contributed by atoms with Gasteiger partial charge < -0.3 is 5.32 Å². The zero-order chi connectivity index (χ0) is 13.1. The van der Waals surface area contributed by atoms with Crippen LogP contribution in [0.4, 0.5) is 5.13 Å². The maximum Gasteiger partial charge on any atom is 0.226 e. The summed E-state index contributed by atoms with van der Waals surface area (Å²) < 4.78 is 0. The van der Waals surface area contributed by atoms with E-state index in [0.29, 0.717) is 12.3 Å². The van der Waals surface area contributed by atoms with E-state index in [2.05, 4.69) is 10.3 Å². The molecule has 0 unspecified atom stereocenters. The number of nitrogens with one attached hydrogen (secondary N) is 1. The molecule has 0 aliphatic heterocycles. The number of aromatic nitrogens is 1. The molecule has 2 aliphatic carbocycles. The maximum atomic E-state index is 12.0. The van der Waals surface area contributed by atoms with Gasteiger partial charge in [0.15, 0.2) is 5.13 Å². The Hall–Kier alpha value is -0.900. The van der Waals surface area contributed by atoms with Crippen molar-refractivity contribution in [1.82, 2.24) is 4.98 Å². The first-order chi connectivity index (χ1) is 9.31. The lowest BCUT2D eigenvalue weighted by molar-refractivity contribution is -0.117. The summed E-state index contributed by atoms with van der Waals surface area (Å²) in [7, 11) is 0. The molecular formula is C15H22N2OS. The average molecular weight is 278 g/mol. The highest BCUT2D eigenvalue weighted by Gasteiger charge is 2.20. The van der Waals surface area contributed by atoms with Crippen molar-refractivity contribution in [2.75, 3.05) is 5.32 Å². The van der Waals surface area contributed by atoms with Gasteiger partial charge >= 0.3 is 0 Å². The first-order valence-electron chi connectivity index (χ1n) is 7.59. The Labute approximate surface area is 118 Å². The number of rotatable bonds is 3. The summed E-state index contributed by atoms with van der Waals surface area (Å²) in [5.41, 5.74) is 1.23. The second-order valence-corrected chi connectivity index (χ2v) is 6.94. The van der Waals surface area contributed by atoms with E-state index in [0.717, 1.165) is 18.0 Å². The Morgan fingerprint density at radius 3 is 2.79 bits per heavy atom. The van der Waals surface area contributed by atoms with E-state index in [9.17, 15) is 4.79 Å². The third-order valence-electron chi connectivity index (χ3n) is 4.29. The van der Waals surface area contributed by atoms with Crippen molar-refractivity contribution in [2.24, 2.45) is 5.92 Å². The van der Waals surface area contributed by atoms with E-state index in [4.69, 9.17) is 0 Å². The number of hydrogen-bond donors (Lipinski definition) is 1. The number of nitrogens with zero attached hydrogens (tertiary/aromatic N) is 1. The molecule has 3 nitrogen and oxygen atoms in total. The maximum absolute atomic E-state index is 12.0. The molecule has 4 heteroatoms. The van der Waals surface area contributed by atoms with Gasteiger partial charge in [-0.2, -0.15) is 0 Å². The minimum atomic E-state index is 0.163. The van der Waals surface area contributed by atoms with Crippen LogP contribution in [0, 0.1) is 5.92 Å². The molecule has 104 valence electrons. The van der Waals surface area contributed by atoms with Gasteiger partial charge in [0, 0.05) is 11.3 Å². The molecule has 1 saturated carbocycles. The van der Waals surface area contributed by atoms with Gasteiger partial charge in [-0.3, -0.25) is 4.79 Å². The number of carbonyl (C=O) groups is 1. The van der Waals surface area contributed by atoms with Gasteiger partial charge in [0.25, 0.3) is 0 Å². The zero-order valence-electron chi connectivity index (χ0n) is 11.4. The highest BCUT2D eigenvalue weighted by atomic mass is 32.1. The summed E-state index contributed by atoms with van der Waals surface area (Å²) in [5, 5.41) is 3.84. The molecular weight excluding hydrogens is 256 g/mol. The minimum Gasteiger partial charge on any atom is -0.302 e. The van der Waals surface area contributed by atoms with Crippen LogP contribution in [0.3, 0.4) is 0 Å². The van der Waals surface area contributed by atoms with Crippen LogP contribution in [0.15, 0.2) is 0 Å². The summed E-state index contributed by atoms with van der Waals surface area (Å²) in [4.78, 5) is 18.0. The fourth-order valence-electron chi connectivity index (χ4n) is 3.23. The van der Waals surface area contributed by atoms with Gasteiger partial charge in [0.2, 0.25) is 5.91 Å². The minimum absolute atomic E-state index is 0.163. The summed E-state index contributed by atoms with van der Waals surface area (Å²) in [6.45, 7) is 0. The predicted molar refractivity (Wildman–Crippen MR) is 78.6 cm³/mol. The van der Waals surface area contributed by atoms with Gasteiger partial charge in [-0.1, -0.05) is 19.3 Å². The first-order valence-corrected chi connectivity index (χ1v) is 8.41. The highest BCUT2D eigenvalue weighted by molar-refractivity contribution is 7.15. The number of amides is 1. The molecule has 0 bridgehead atoms. The second-order valence-electron chi connectivity index (χ2n) is 5.85. The molecule has 19 heavy (non-hydrogen) atoms. The van der Waals surface area contributed by atoms with Crippen molar-refractivity contribution in [3.05, 3.63) is 10.6 Å². The Bertz CT molecular complexity index is 425. The van der Waals surface area contributed by atoms with Gasteiger partial charge in [0.05, 0.1) is 5.69 Å². The van der Waals surface area contributed by atoms with Crippen LogP contribution in [-0.4, -0.2) is 10.9 Å². The number of thiazole rings is 1. The zero-order valence-corrected chi connectivity index (χ0v) is 12.2. The quantitative estimate of drug-likeness (QED) is 0.851. The standard InChI is InChI=1S/C15H22N2OS/c18-14(10-11-6-4-5-7-11)17-15-16-12-8-2-1-3-9-13(12)19-15/h11H,1-10H2,(H,16,17,18). The van der Waals surface area contributed by atoms with E-state index < -0.39 is 0 Å². The smallest absolute Gasteiger partial charge is 0.226 e. The summed E-state index contributed by atoms with van der Waals surface area (Å²) >= 11 is 1.69. The van der Waals surface area contributed by atoms with Crippen molar-refractivity contribution in [1.29, 1.82) is 0 Å². The Morgan fingerprint density at radius 2 is 1.95 bits per heavy atom. The van der Waals surface area contributed by atoms with E-state index in [1.54, 1.807) is 11.3 Å². The van der Waals surface area contributed by atoms with Gasteiger partial charge in [0.1, 0.15) is 0 Å². The number of anilines is 1. The Kier molecular flexibility index (Phi) is 4.16. The van der Waals surface area contributed by atoms with Crippen molar-refractivity contribution >= 4 is 22.4 Å². The lowest BCUT2D eigenvalue weighted by Crippen LogP contribution is -2.15. The SMILES string of the molecule is O=C(CC1CCCC1)Nc1nc2c(s1)CCCCC2. The lowest BCUT2D eigenvalue weighted by atomic mass is 10.0. The van der Waals surface area contributed by atoms with Crippen molar-refractivity contribution in [2.45, 2.75) is 64.2 Å². The van der Waals surface area contributed by atoms with Gasteiger partial charge in [-0.25, -0.2) is 4.98 Å². The van der Waals surface area contributed by atoms with E-state index >= 15 is 0 Å². The number of fused-ring (bicyclic) bond motifs is 1. The topological polar surface area (TPSA) is 42.0 Å². The molecule has 0 saturated heterocycles. The molecule has 2 aliphatic rings. The molecule has 1 fully saturated rings. The van der Waals surface area contributed by atoms with Crippen LogP contribution in [0.1, 0.15) is 61.9 Å². The van der Waals surface area contributed by atoms with E-state index in [1.807, 2.05) is 0 Å². The van der Waals surface area contributed by atoms with Crippen LogP contribution in [0.5, 0.6) is 0 Å². The lowest BCUT2D eigenvalue weighted by Gasteiger charge is -2.07. The van der Waals surface area contributed by atoms with Crippen LogP contribution < -0.4 is 5.32 Å². The highest BCUT2D eigenvalue weighted by Crippen LogP contribution is 2.30. The van der Waals surface area contributed by atoms with Crippen molar-refractivity contribution in [3.63, 3.8) is 0 Å². The fourth-order valence-corrected chi connectivity index (χ4v) is 4.30. The molecule has 1 heterocycles.